The Morgan fingerprint density at radius 1 is 1.09 bits per heavy atom. The van der Waals surface area contributed by atoms with Crippen LogP contribution in [0.2, 0.25) is 0 Å². The molecule has 0 aromatic heterocycles. The Labute approximate surface area is 191 Å². The van der Waals surface area contributed by atoms with Gasteiger partial charge in [0.05, 0.1) is 24.7 Å². The Kier molecular flexibility index (Phi) is 7.46. The van der Waals surface area contributed by atoms with Gasteiger partial charge in [-0.2, -0.15) is 0 Å². The standard InChI is InChI=1S/C23H29NO9/c1-13(25)29-11-19-7-17(28-2)9-23(33-19)32-18-6-16(26)3-14-4-20-21(31-12-30-20)5-15(14)10-24-22(27)8-18/h4-5,17-19,23H,3,6-12H2,1-2H3,(H,24,27)/t17?,18-,19+,23-/m1/s1. The minimum Gasteiger partial charge on any atom is -0.463 e. The molecular formula is C23H29NO9. The molecule has 0 bridgehead atoms. The number of Topliss-reactive ketones (excluding diaryl/α,β-unsaturated/α-hetero) is 1. The van der Waals surface area contributed by atoms with Gasteiger partial charge in [0, 0.05) is 46.3 Å². The lowest BCUT2D eigenvalue weighted by atomic mass is 9.96. The second-order valence-corrected chi connectivity index (χ2v) is 8.45. The molecule has 3 aliphatic rings. The molecule has 4 rings (SSSR count). The molecule has 10 heteroatoms. The quantitative estimate of drug-likeness (QED) is 0.647. The number of esters is 1. The second kappa shape index (κ2) is 10.5. The molecule has 1 fully saturated rings. The third-order valence-corrected chi connectivity index (χ3v) is 5.90. The highest BCUT2D eigenvalue weighted by molar-refractivity contribution is 5.84. The Balaban J connectivity index is 1.43. The molecule has 10 nitrogen and oxygen atoms in total. The summed E-state index contributed by atoms with van der Waals surface area (Å²) < 4.78 is 33.4. The molecule has 0 radical (unpaired) electrons. The zero-order chi connectivity index (χ0) is 23.4. The summed E-state index contributed by atoms with van der Waals surface area (Å²) in [6.45, 7) is 1.84. The first kappa shape index (κ1) is 23.5. The summed E-state index contributed by atoms with van der Waals surface area (Å²) in [6, 6.07) is 3.61. The van der Waals surface area contributed by atoms with Gasteiger partial charge in [-0.15, -0.1) is 0 Å². The fraction of sp³-hybridized carbons (Fsp3) is 0.609. The van der Waals surface area contributed by atoms with Crippen LogP contribution in [0.3, 0.4) is 0 Å². The molecule has 1 aromatic rings. The minimum absolute atomic E-state index is 0.0255. The number of benzene rings is 1. The van der Waals surface area contributed by atoms with Crippen molar-refractivity contribution in [3.8, 4) is 11.5 Å². The molecule has 1 amide bonds. The van der Waals surface area contributed by atoms with Crippen LogP contribution in [-0.2, 0) is 46.3 Å². The van der Waals surface area contributed by atoms with Crippen molar-refractivity contribution >= 4 is 17.7 Å². The number of ketones is 1. The smallest absolute Gasteiger partial charge is 0.302 e. The molecule has 1 N–H and O–H groups in total. The number of fused-ring (bicyclic) bond motifs is 2. The van der Waals surface area contributed by atoms with Crippen LogP contribution in [0.4, 0.5) is 0 Å². The second-order valence-electron chi connectivity index (χ2n) is 8.45. The minimum atomic E-state index is -0.682. The van der Waals surface area contributed by atoms with Crippen LogP contribution >= 0.6 is 0 Å². The lowest BCUT2D eigenvalue weighted by molar-refractivity contribution is -0.243. The van der Waals surface area contributed by atoms with E-state index < -0.39 is 24.5 Å². The first-order chi connectivity index (χ1) is 15.9. The van der Waals surface area contributed by atoms with E-state index in [0.29, 0.717) is 24.3 Å². The number of ether oxygens (including phenoxy) is 6. The molecule has 180 valence electrons. The maximum atomic E-state index is 12.9. The molecule has 1 aromatic carbocycles. The summed E-state index contributed by atoms with van der Waals surface area (Å²) in [5, 5.41) is 2.89. The van der Waals surface area contributed by atoms with Crippen LogP contribution in [0, 0.1) is 0 Å². The summed E-state index contributed by atoms with van der Waals surface area (Å²) in [6.07, 6.45) is -0.579. The predicted octanol–water partition coefficient (Wildman–Crippen LogP) is 1.41. The average Bonchev–Trinajstić information content (AvgIpc) is 3.22. The molecule has 1 unspecified atom stereocenters. The average molecular weight is 463 g/mol. The zero-order valence-corrected chi connectivity index (χ0v) is 18.8. The zero-order valence-electron chi connectivity index (χ0n) is 18.8. The molecular weight excluding hydrogens is 434 g/mol. The normalized spacial score (nSPS) is 27.5. The van der Waals surface area contributed by atoms with Gasteiger partial charge in [-0.05, 0) is 23.3 Å². The van der Waals surface area contributed by atoms with Crippen molar-refractivity contribution in [1.82, 2.24) is 5.32 Å². The first-order valence-electron chi connectivity index (χ1n) is 11.1. The number of carbonyl (C=O) groups is 3. The number of nitrogens with one attached hydrogen (secondary N) is 1. The third-order valence-electron chi connectivity index (χ3n) is 5.90. The topological polar surface area (TPSA) is 119 Å². The third kappa shape index (κ3) is 6.21. The van der Waals surface area contributed by atoms with Crippen LogP contribution in [0.1, 0.15) is 43.7 Å². The van der Waals surface area contributed by atoms with Gasteiger partial charge < -0.3 is 33.7 Å². The van der Waals surface area contributed by atoms with E-state index in [-0.39, 0.29) is 57.0 Å². The number of carbonyl (C=O) groups excluding carboxylic acids is 3. The molecule has 1 saturated heterocycles. The fourth-order valence-electron chi connectivity index (χ4n) is 4.28. The highest BCUT2D eigenvalue weighted by atomic mass is 16.7. The van der Waals surface area contributed by atoms with Crippen LogP contribution in [0.25, 0.3) is 0 Å². The maximum Gasteiger partial charge on any atom is 0.302 e. The van der Waals surface area contributed by atoms with Crippen molar-refractivity contribution < 1.29 is 42.8 Å². The highest BCUT2D eigenvalue weighted by Crippen LogP contribution is 2.35. The Hall–Kier alpha value is -2.69. The summed E-state index contributed by atoms with van der Waals surface area (Å²) >= 11 is 0. The van der Waals surface area contributed by atoms with Gasteiger partial charge in [-0.25, -0.2) is 0 Å². The van der Waals surface area contributed by atoms with Crippen LogP contribution < -0.4 is 14.8 Å². The number of hydrogen-bond donors (Lipinski definition) is 1. The summed E-state index contributed by atoms with van der Waals surface area (Å²) in [5.41, 5.74) is 1.62. The van der Waals surface area contributed by atoms with Gasteiger partial charge >= 0.3 is 5.97 Å². The maximum absolute atomic E-state index is 12.9. The van der Waals surface area contributed by atoms with Crippen molar-refractivity contribution in [3.05, 3.63) is 23.3 Å². The van der Waals surface area contributed by atoms with Crippen LogP contribution in [-0.4, -0.2) is 62.8 Å². The monoisotopic (exact) mass is 463 g/mol. The fourth-order valence-corrected chi connectivity index (χ4v) is 4.28. The lowest BCUT2D eigenvalue weighted by Crippen LogP contribution is -2.43. The van der Waals surface area contributed by atoms with Crippen molar-refractivity contribution in [2.45, 2.75) is 70.2 Å². The van der Waals surface area contributed by atoms with Crippen molar-refractivity contribution in [3.63, 3.8) is 0 Å². The van der Waals surface area contributed by atoms with E-state index in [1.807, 2.05) is 6.07 Å². The van der Waals surface area contributed by atoms with E-state index in [4.69, 9.17) is 28.4 Å². The Bertz CT molecular complexity index is 902. The van der Waals surface area contributed by atoms with Crippen molar-refractivity contribution in [2.75, 3.05) is 20.5 Å². The largest absolute Gasteiger partial charge is 0.463 e. The molecule has 3 aliphatic heterocycles. The summed E-state index contributed by atoms with van der Waals surface area (Å²) in [5.74, 6) is 0.532. The van der Waals surface area contributed by atoms with Gasteiger partial charge in [0.1, 0.15) is 12.4 Å². The molecule has 4 atom stereocenters. The Morgan fingerprint density at radius 2 is 1.85 bits per heavy atom. The highest BCUT2D eigenvalue weighted by Gasteiger charge is 2.34. The van der Waals surface area contributed by atoms with E-state index in [0.717, 1.165) is 11.1 Å². The SMILES string of the molecule is COC1C[C@@H](COC(C)=O)O[C@@H](O[C@@H]2CC(=O)Cc3cc4c(cc3CNC(=O)C2)OCO4)C1. The molecule has 33 heavy (non-hydrogen) atoms. The van der Waals surface area contributed by atoms with Gasteiger partial charge in [0.25, 0.3) is 0 Å². The summed E-state index contributed by atoms with van der Waals surface area (Å²) in [7, 11) is 1.60. The predicted molar refractivity (Wildman–Crippen MR) is 113 cm³/mol. The Morgan fingerprint density at radius 3 is 2.58 bits per heavy atom. The van der Waals surface area contributed by atoms with Crippen molar-refractivity contribution in [1.29, 1.82) is 0 Å². The molecule has 0 aliphatic carbocycles. The van der Waals surface area contributed by atoms with E-state index >= 15 is 0 Å². The van der Waals surface area contributed by atoms with Crippen LogP contribution in [0.5, 0.6) is 11.5 Å². The van der Waals surface area contributed by atoms with E-state index in [1.165, 1.54) is 6.92 Å². The lowest BCUT2D eigenvalue weighted by Gasteiger charge is -2.36. The molecule has 0 saturated carbocycles. The number of rotatable bonds is 5. The van der Waals surface area contributed by atoms with Crippen LogP contribution in [0.15, 0.2) is 12.1 Å². The van der Waals surface area contributed by atoms with E-state index in [9.17, 15) is 14.4 Å². The summed E-state index contributed by atoms with van der Waals surface area (Å²) in [4.78, 5) is 36.6. The molecule has 0 spiro atoms. The molecule has 3 heterocycles. The first-order valence-corrected chi connectivity index (χ1v) is 11.1. The number of hydrogen-bond acceptors (Lipinski definition) is 9. The van der Waals surface area contributed by atoms with Gasteiger partial charge in [0.2, 0.25) is 12.7 Å². The van der Waals surface area contributed by atoms with Gasteiger partial charge in [-0.3, -0.25) is 14.4 Å². The van der Waals surface area contributed by atoms with Gasteiger partial charge in [-0.1, -0.05) is 0 Å². The van der Waals surface area contributed by atoms with Crippen molar-refractivity contribution in [2.24, 2.45) is 0 Å². The number of amides is 1. The number of methoxy groups -OCH3 is 1. The van der Waals surface area contributed by atoms with E-state index in [1.54, 1.807) is 13.2 Å². The van der Waals surface area contributed by atoms with E-state index in [2.05, 4.69) is 5.32 Å². The van der Waals surface area contributed by atoms with Gasteiger partial charge in [0.15, 0.2) is 17.8 Å².